The number of carbonyl (C=O) groups is 1. The van der Waals surface area contributed by atoms with Gasteiger partial charge >= 0.3 is 0 Å². The highest BCUT2D eigenvalue weighted by Gasteiger charge is 2.49. The second-order valence-electron chi connectivity index (χ2n) is 6.33. The summed E-state index contributed by atoms with van der Waals surface area (Å²) in [6.07, 6.45) is 0.0936. The van der Waals surface area contributed by atoms with Gasteiger partial charge in [0.1, 0.15) is 12.3 Å². The van der Waals surface area contributed by atoms with Gasteiger partial charge in [-0.2, -0.15) is 21.4 Å². The lowest BCUT2D eigenvalue weighted by Crippen LogP contribution is -2.37. The lowest BCUT2D eigenvalue weighted by atomic mass is 9.82. The van der Waals surface area contributed by atoms with Crippen molar-refractivity contribution in [2.75, 3.05) is 18.1 Å². The summed E-state index contributed by atoms with van der Waals surface area (Å²) in [7, 11) is -8.43. The van der Waals surface area contributed by atoms with E-state index in [1.54, 1.807) is 24.5 Å². The number of ether oxygens (including phenoxy) is 1. The highest BCUT2D eigenvalue weighted by Crippen LogP contribution is 2.42. The number of rotatable bonds is 8. The number of benzene rings is 1. The van der Waals surface area contributed by atoms with Crippen molar-refractivity contribution >= 4 is 38.1 Å². The van der Waals surface area contributed by atoms with Crippen molar-refractivity contribution in [3.63, 3.8) is 0 Å². The van der Waals surface area contributed by atoms with Crippen LogP contribution in [0, 0.1) is 0 Å². The monoisotopic (exact) mass is 406 g/mol. The Morgan fingerprint density at radius 3 is 2.38 bits per heavy atom. The highest BCUT2D eigenvalue weighted by atomic mass is 32.2. The molecule has 144 valence electrons. The Morgan fingerprint density at radius 1 is 1.19 bits per heavy atom. The maximum atomic E-state index is 11.5. The largest absolute Gasteiger partial charge is 0.428 e. The Hall–Kier alpha value is -1.82. The Kier molecular flexibility index (Phi) is 5.57. The predicted octanol–water partition coefficient (Wildman–Crippen LogP) is 0.764. The molecule has 1 aliphatic rings. The molecule has 9 nitrogen and oxygen atoms in total. The lowest BCUT2D eigenvalue weighted by molar-refractivity contribution is -0.438. The Morgan fingerprint density at radius 2 is 1.85 bits per heavy atom. The van der Waals surface area contributed by atoms with Gasteiger partial charge in [0.2, 0.25) is 5.69 Å². The SMILES string of the molecule is CC1=[N+](CCCS(=O)(=O)O)c2cc(OC=O)ccc2C1(C)CS(=O)(=O)O. The van der Waals surface area contributed by atoms with Crippen LogP contribution in [0.5, 0.6) is 5.75 Å². The normalized spacial score (nSPS) is 20.2. The van der Waals surface area contributed by atoms with E-state index in [-0.39, 0.29) is 25.2 Å². The van der Waals surface area contributed by atoms with Crippen LogP contribution in [0.3, 0.4) is 0 Å². The van der Waals surface area contributed by atoms with Crippen LogP contribution >= 0.6 is 0 Å². The average molecular weight is 406 g/mol. The van der Waals surface area contributed by atoms with Crippen molar-refractivity contribution in [2.24, 2.45) is 0 Å². The van der Waals surface area contributed by atoms with Crippen LogP contribution in [0.4, 0.5) is 5.69 Å². The van der Waals surface area contributed by atoms with Gasteiger partial charge in [0.25, 0.3) is 26.7 Å². The molecule has 0 spiro atoms. The van der Waals surface area contributed by atoms with Crippen molar-refractivity contribution < 1.29 is 40.0 Å². The second-order valence-corrected chi connectivity index (χ2v) is 9.35. The molecule has 2 N–H and O–H groups in total. The van der Waals surface area contributed by atoms with Gasteiger partial charge in [0.15, 0.2) is 5.71 Å². The molecule has 26 heavy (non-hydrogen) atoms. The van der Waals surface area contributed by atoms with Gasteiger partial charge in [0.05, 0.1) is 23.0 Å². The van der Waals surface area contributed by atoms with Gasteiger partial charge in [-0.1, -0.05) is 0 Å². The zero-order chi connectivity index (χ0) is 19.8. The first-order chi connectivity index (χ1) is 11.9. The van der Waals surface area contributed by atoms with E-state index in [9.17, 15) is 26.2 Å². The first kappa shape index (κ1) is 20.5. The van der Waals surface area contributed by atoms with E-state index in [4.69, 9.17) is 9.29 Å². The minimum absolute atomic E-state index is 0.0936. The summed E-state index contributed by atoms with van der Waals surface area (Å²) < 4.78 is 69.7. The summed E-state index contributed by atoms with van der Waals surface area (Å²) in [5.74, 6) is -0.768. The Bertz CT molecular complexity index is 965. The molecular weight excluding hydrogens is 386 g/mol. The fraction of sp³-hybridized carbons (Fsp3) is 0.467. The third-order valence-corrected chi connectivity index (χ3v) is 6.24. The van der Waals surface area contributed by atoms with Crippen molar-refractivity contribution in [1.82, 2.24) is 0 Å². The smallest absolute Gasteiger partial charge is 0.298 e. The second kappa shape index (κ2) is 7.06. The first-order valence-corrected chi connectivity index (χ1v) is 10.9. The molecule has 2 rings (SSSR count). The minimum Gasteiger partial charge on any atom is -0.428 e. The van der Waals surface area contributed by atoms with Crippen molar-refractivity contribution in [2.45, 2.75) is 25.7 Å². The molecule has 1 heterocycles. The van der Waals surface area contributed by atoms with Crippen LogP contribution in [0.2, 0.25) is 0 Å². The van der Waals surface area contributed by atoms with E-state index in [1.807, 2.05) is 0 Å². The molecule has 0 saturated heterocycles. The maximum absolute atomic E-state index is 11.5. The predicted molar refractivity (Wildman–Crippen MR) is 93.4 cm³/mol. The fourth-order valence-electron chi connectivity index (χ4n) is 3.24. The van der Waals surface area contributed by atoms with E-state index in [2.05, 4.69) is 0 Å². The fourth-order valence-corrected chi connectivity index (χ4v) is 4.83. The number of carbonyl (C=O) groups excluding carboxylic acids is 1. The van der Waals surface area contributed by atoms with Gasteiger partial charge in [-0.3, -0.25) is 13.9 Å². The molecule has 1 aromatic rings. The summed E-state index contributed by atoms with van der Waals surface area (Å²) in [4.78, 5) is 10.6. The summed E-state index contributed by atoms with van der Waals surface area (Å²) >= 11 is 0. The van der Waals surface area contributed by atoms with Gasteiger partial charge in [0, 0.05) is 18.9 Å². The molecule has 0 radical (unpaired) electrons. The van der Waals surface area contributed by atoms with Crippen LogP contribution in [-0.2, 0) is 30.4 Å². The average Bonchev–Trinajstić information content (AvgIpc) is 2.66. The van der Waals surface area contributed by atoms with Crippen LogP contribution < -0.4 is 4.74 Å². The van der Waals surface area contributed by atoms with Gasteiger partial charge in [-0.15, -0.1) is 0 Å². The van der Waals surface area contributed by atoms with Crippen molar-refractivity contribution in [3.05, 3.63) is 23.8 Å². The molecule has 1 aliphatic heterocycles. The number of nitrogens with zero attached hydrogens (tertiary/aromatic N) is 1. The third-order valence-electron chi connectivity index (χ3n) is 4.50. The van der Waals surface area contributed by atoms with Crippen LogP contribution in [0.25, 0.3) is 0 Å². The third kappa shape index (κ3) is 4.47. The summed E-state index contributed by atoms with van der Waals surface area (Å²) in [5, 5.41) is 0. The van der Waals surface area contributed by atoms with Crippen LogP contribution in [0.15, 0.2) is 18.2 Å². The lowest BCUT2D eigenvalue weighted by Gasteiger charge is -2.20. The molecule has 0 aromatic heterocycles. The van der Waals surface area contributed by atoms with Crippen molar-refractivity contribution in [1.29, 1.82) is 0 Å². The standard InChI is InChI=1S/C15H19NO8S2/c1-11-15(2,9-26(21,22)23)13-5-4-12(24-10-17)8-14(13)16(11)6-3-7-25(18,19)20/h4-5,8,10H,3,6-7,9H2,1-2H3,(H-,18,19,20,21,22,23)/p+1. The summed E-state index contributed by atoms with van der Waals surface area (Å²) in [6.45, 7) is 3.77. The summed E-state index contributed by atoms with van der Waals surface area (Å²) in [6, 6.07) is 4.64. The molecule has 0 aliphatic carbocycles. The number of hydrogen-bond acceptors (Lipinski definition) is 6. The maximum Gasteiger partial charge on any atom is 0.298 e. The van der Waals surface area contributed by atoms with Crippen LogP contribution in [-0.4, -0.2) is 60.8 Å². The van der Waals surface area contributed by atoms with E-state index < -0.39 is 37.2 Å². The molecule has 0 saturated carbocycles. The Labute approximate surface area is 151 Å². The van der Waals surface area contributed by atoms with Crippen LogP contribution in [0.1, 0.15) is 25.8 Å². The van der Waals surface area contributed by atoms with Gasteiger partial charge in [-0.05, 0) is 19.1 Å². The molecule has 0 amide bonds. The molecule has 0 bridgehead atoms. The quantitative estimate of drug-likeness (QED) is 0.367. The molecule has 1 atom stereocenters. The zero-order valence-electron chi connectivity index (χ0n) is 14.2. The van der Waals surface area contributed by atoms with Gasteiger partial charge < -0.3 is 4.74 Å². The molecule has 1 aromatic carbocycles. The van der Waals surface area contributed by atoms with E-state index in [0.717, 1.165) is 0 Å². The topological polar surface area (TPSA) is 138 Å². The zero-order valence-corrected chi connectivity index (χ0v) is 15.9. The van der Waals surface area contributed by atoms with Crippen molar-refractivity contribution in [3.8, 4) is 5.75 Å². The minimum atomic E-state index is -4.30. The Balaban J connectivity index is 2.51. The number of fused-ring (bicyclic) bond motifs is 1. The number of hydrogen-bond donors (Lipinski definition) is 2. The van der Waals surface area contributed by atoms with Gasteiger partial charge in [-0.25, -0.2) is 0 Å². The molecule has 0 fully saturated rings. The first-order valence-electron chi connectivity index (χ1n) is 7.64. The van der Waals surface area contributed by atoms with E-state index in [1.165, 1.54) is 12.1 Å². The molecule has 1 unspecified atom stereocenters. The van der Waals surface area contributed by atoms with E-state index >= 15 is 0 Å². The van der Waals surface area contributed by atoms with E-state index in [0.29, 0.717) is 17.0 Å². The summed E-state index contributed by atoms with van der Waals surface area (Å²) in [5.41, 5.74) is 0.686. The highest BCUT2D eigenvalue weighted by molar-refractivity contribution is 7.86. The molecular formula is C15H20NO8S2+. The molecule has 11 heteroatoms.